The van der Waals surface area contributed by atoms with Crippen molar-refractivity contribution in [3.05, 3.63) is 83.3 Å². The van der Waals surface area contributed by atoms with E-state index >= 15 is 0 Å². The van der Waals surface area contributed by atoms with Gasteiger partial charge in [-0.3, -0.25) is 14.6 Å². The number of pyridine rings is 1. The van der Waals surface area contributed by atoms with Crippen LogP contribution in [0.1, 0.15) is 69.1 Å². The maximum Gasteiger partial charge on any atom is 0.252 e. The summed E-state index contributed by atoms with van der Waals surface area (Å²) in [5.41, 5.74) is 0.562. The summed E-state index contributed by atoms with van der Waals surface area (Å²) >= 11 is 0. The average molecular weight is 586 g/mol. The number of ketones is 1. The molecule has 2 aromatic heterocycles. The highest BCUT2D eigenvalue weighted by atomic mass is 19.2. The number of hydrogen-bond acceptors (Lipinski definition) is 6. The maximum absolute atomic E-state index is 14.1. The molecule has 1 N–H and O–H groups in total. The number of hydrogen-bond donors (Lipinski definition) is 1. The van der Waals surface area contributed by atoms with Gasteiger partial charge in [-0.2, -0.15) is 8.78 Å². The molecular weight excluding hydrogens is 554 g/mol. The number of rotatable bonds is 12. The molecule has 2 heterocycles. The number of carbonyl (C=O) groups excluding carboxylic acids is 2. The van der Waals surface area contributed by atoms with Gasteiger partial charge in [0.15, 0.2) is 23.2 Å². The molecule has 42 heavy (non-hydrogen) atoms. The molecule has 0 aliphatic carbocycles. The summed E-state index contributed by atoms with van der Waals surface area (Å²) in [6.45, 7) is 6.65. The summed E-state index contributed by atoms with van der Waals surface area (Å²) in [5.74, 6) is -9.20. The lowest BCUT2D eigenvalue weighted by Crippen LogP contribution is -2.47. The highest BCUT2D eigenvalue weighted by Gasteiger charge is 2.36. The Hall–Kier alpha value is -4.35. The number of halogens is 4. The van der Waals surface area contributed by atoms with Gasteiger partial charge in [0, 0.05) is 23.2 Å². The Morgan fingerprint density at radius 1 is 1.07 bits per heavy atom. The second-order valence-corrected chi connectivity index (χ2v) is 10.5. The number of nitrogens with one attached hydrogen (secondary N) is 1. The first-order chi connectivity index (χ1) is 20.0. The minimum atomic E-state index is -1.74. The second-order valence-electron chi connectivity index (χ2n) is 10.5. The van der Waals surface area contributed by atoms with Crippen molar-refractivity contribution < 1.29 is 31.9 Å². The molecule has 0 saturated heterocycles. The molecule has 8 nitrogen and oxygen atoms in total. The van der Waals surface area contributed by atoms with Crippen LogP contribution in [0.5, 0.6) is 5.75 Å². The fraction of sp³-hybridized carbons (Fsp3) is 0.367. The van der Waals surface area contributed by atoms with Crippen LogP contribution in [-0.2, 0) is 10.3 Å². The van der Waals surface area contributed by atoms with E-state index in [2.05, 4.69) is 20.6 Å². The number of nitrogens with zero attached hydrogens (tertiary/aromatic N) is 4. The molecule has 1 amide bonds. The fourth-order valence-electron chi connectivity index (χ4n) is 4.45. The standard InChI is InChI=1S/C30H31F4N5O3/c1-5-6-9-23(24(40)16-42-28-26(33)20(31)14-21(32)27(28)34)39-15-25(37-38-39)30(4,17(2)3)36-29(41)19-10-11-22-18(13-19)8-7-12-35-22/h7-8,10-15,17,23H,5-6,9,16H2,1-4H3,(H,36,41)/t23?,30-/m0/s1. The summed E-state index contributed by atoms with van der Waals surface area (Å²) < 4.78 is 61.5. The van der Waals surface area contributed by atoms with E-state index in [0.29, 0.717) is 24.1 Å². The normalized spacial score (nSPS) is 13.6. The van der Waals surface area contributed by atoms with Crippen molar-refractivity contribution in [2.24, 2.45) is 5.92 Å². The van der Waals surface area contributed by atoms with Gasteiger partial charge in [0.25, 0.3) is 5.91 Å². The Morgan fingerprint density at radius 2 is 1.79 bits per heavy atom. The fourth-order valence-corrected chi connectivity index (χ4v) is 4.45. The van der Waals surface area contributed by atoms with E-state index in [9.17, 15) is 27.2 Å². The minimum Gasteiger partial charge on any atom is -0.479 e. The van der Waals surface area contributed by atoms with Gasteiger partial charge in [0.05, 0.1) is 17.3 Å². The number of benzene rings is 2. The number of carbonyl (C=O) groups is 2. The smallest absolute Gasteiger partial charge is 0.252 e. The molecule has 0 bridgehead atoms. The predicted molar refractivity (Wildman–Crippen MR) is 147 cm³/mol. The number of fused-ring (bicyclic) bond motifs is 1. The van der Waals surface area contributed by atoms with Gasteiger partial charge in [0.2, 0.25) is 11.6 Å². The molecule has 0 saturated carbocycles. The maximum atomic E-state index is 14.1. The summed E-state index contributed by atoms with van der Waals surface area (Å²) in [6, 6.07) is 7.93. The first kappa shape index (κ1) is 30.6. The first-order valence-corrected chi connectivity index (χ1v) is 13.5. The van der Waals surface area contributed by atoms with Crippen LogP contribution >= 0.6 is 0 Å². The van der Waals surface area contributed by atoms with E-state index in [0.717, 1.165) is 17.3 Å². The van der Waals surface area contributed by atoms with E-state index in [-0.39, 0.29) is 17.9 Å². The van der Waals surface area contributed by atoms with Crippen LogP contribution in [0.3, 0.4) is 0 Å². The lowest BCUT2D eigenvalue weighted by Gasteiger charge is -2.33. The number of ether oxygens (including phenoxy) is 1. The van der Waals surface area contributed by atoms with Crippen molar-refractivity contribution in [3.8, 4) is 5.75 Å². The Bertz CT molecular complexity index is 1580. The lowest BCUT2D eigenvalue weighted by molar-refractivity contribution is -0.124. The Labute approximate surface area is 240 Å². The van der Waals surface area contributed by atoms with Crippen LogP contribution in [0.15, 0.2) is 48.8 Å². The molecule has 1 unspecified atom stereocenters. The van der Waals surface area contributed by atoms with Gasteiger partial charge in [-0.25, -0.2) is 13.5 Å². The van der Waals surface area contributed by atoms with Gasteiger partial charge >= 0.3 is 0 Å². The molecule has 2 aromatic carbocycles. The molecule has 222 valence electrons. The summed E-state index contributed by atoms with van der Waals surface area (Å²) in [6.07, 6.45) is 4.82. The molecule has 0 fully saturated rings. The minimum absolute atomic E-state index is 0.0576. The lowest BCUT2D eigenvalue weighted by atomic mass is 9.85. The quantitative estimate of drug-likeness (QED) is 0.160. The third kappa shape index (κ3) is 6.27. The SMILES string of the molecule is CCCCC(C(=O)COc1c(F)c(F)cc(F)c1F)n1cc([C@@](C)(NC(=O)c2ccc3ncccc3c2)C(C)C)nn1. The Kier molecular flexibility index (Phi) is 9.23. The summed E-state index contributed by atoms with van der Waals surface area (Å²) in [7, 11) is 0. The van der Waals surface area contributed by atoms with Crippen LogP contribution in [-0.4, -0.2) is 38.3 Å². The van der Waals surface area contributed by atoms with Crippen molar-refractivity contribution in [1.29, 1.82) is 0 Å². The van der Waals surface area contributed by atoms with Crippen molar-refractivity contribution in [3.63, 3.8) is 0 Å². The topological polar surface area (TPSA) is 99.0 Å². The monoisotopic (exact) mass is 585 g/mol. The highest BCUT2D eigenvalue weighted by molar-refractivity contribution is 5.98. The zero-order valence-corrected chi connectivity index (χ0v) is 23.6. The van der Waals surface area contributed by atoms with Gasteiger partial charge < -0.3 is 10.1 Å². The number of unbranched alkanes of at least 4 members (excludes halogenated alkanes) is 1. The van der Waals surface area contributed by atoms with Crippen LogP contribution in [0, 0.1) is 29.2 Å². The third-order valence-electron chi connectivity index (χ3n) is 7.39. The van der Waals surface area contributed by atoms with E-state index in [1.54, 1.807) is 37.4 Å². The number of Topliss-reactive ketones (excluding diaryl/α,β-unsaturated/α-hetero) is 1. The van der Waals surface area contributed by atoms with Crippen LogP contribution in [0.2, 0.25) is 0 Å². The molecule has 0 aliphatic rings. The molecule has 4 aromatic rings. The predicted octanol–water partition coefficient (Wildman–Crippen LogP) is 6.06. The number of aromatic nitrogens is 4. The van der Waals surface area contributed by atoms with E-state index < -0.39 is 53.0 Å². The van der Waals surface area contributed by atoms with Gasteiger partial charge in [-0.05, 0) is 43.5 Å². The molecule has 0 radical (unpaired) electrons. The Balaban J connectivity index is 1.57. The third-order valence-corrected chi connectivity index (χ3v) is 7.39. The second kappa shape index (κ2) is 12.7. The molecule has 0 aliphatic heterocycles. The van der Waals surface area contributed by atoms with Crippen molar-refractivity contribution in [1.82, 2.24) is 25.3 Å². The molecule has 12 heteroatoms. The summed E-state index contributed by atoms with van der Waals surface area (Å²) in [5, 5.41) is 12.3. The molecule has 4 rings (SSSR count). The first-order valence-electron chi connectivity index (χ1n) is 13.5. The average Bonchev–Trinajstić information content (AvgIpc) is 3.46. The van der Waals surface area contributed by atoms with E-state index in [1.807, 2.05) is 26.8 Å². The highest BCUT2D eigenvalue weighted by Crippen LogP contribution is 2.30. The van der Waals surface area contributed by atoms with Gasteiger partial charge in [-0.1, -0.05) is 44.9 Å². The van der Waals surface area contributed by atoms with Gasteiger partial charge in [-0.15, -0.1) is 5.10 Å². The Morgan fingerprint density at radius 3 is 2.45 bits per heavy atom. The van der Waals surface area contributed by atoms with Crippen LogP contribution < -0.4 is 10.1 Å². The zero-order chi connectivity index (χ0) is 30.6. The van der Waals surface area contributed by atoms with Crippen LogP contribution in [0.25, 0.3) is 10.9 Å². The number of amides is 1. The zero-order valence-electron chi connectivity index (χ0n) is 23.6. The van der Waals surface area contributed by atoms with E-state index in [1.165, 1.54) is 10.9 Å². The van der Waals surface area contributed by atoms with Crippen molar-refractivity contribution in [2.75, 3.05) is 6.61 Å². The van der Waals surface area contributed by atoms with E-state index in [4.69, 9.17) is 4.74 Å². The van der Waals surface area contributed by atoms with Crippen molar-refractivity contribution >= 4 is 22.6 Å². The molecule has 0 spiro atoms. The molecular formula is C30H31F4N5O3. The largest absolute Gasteiger partial charge is 0.479 e. The molecule has 2 atom stereocenters. The van der Waals surface area contributed by atoms with Crippen LogP contribution in [0.4, 0.5) is 17.6 Å². The van der Waals surface area contributed by atoms with Gasteiger partial charge in [0.1, 0.15) is 18.3 Å². The summed E-state index contributed by atoms with van der Waals surface area (Å²) in [4.78, 5) is 30.8. The van der Waals surface area contributed by atoms with Crippen molar-refractivity contribution in [2.45, 2.75) is 58.5 Å².